The highest BCUT2D eigenvalue weighted by Crippen LogP contribution is 2.33. The molecule has 7 heteroatoms. The Balaban J connectivity index is 1.82. The van der Waals surface area contributed by atoms with E-state index in [4.69, 9.17) is 5.73 Å². The van der Waals surface area contributed by atoms with Crippen molar-refractivity contribution in [2.24, 2.45) is 5.73 Å². The van der Waals surface area contributed by atoms with Crippen LogP contribution in [0.2, 0.25) is 0 Å². The highest BCUT2D eigenvalue weighted by atomic mass is 79.9. The number of hydrogen-bond acceptors (Lipinski definition) is 5. The van der Waals surface area contributed by atoms with Crippen LogP contribution in [0.1, 0.15) is 18.4 Å². The van der Waals surface area contributed by atoms with Crippen molar-refractivity contribution in [1.82, 2.24) is 15.2 Å². The van der Waals surface area contributed by atoms with Crippen LogP contribution in [0.25, 0.3) is 10.7 Å². The molecule has 1 aliphatic heterocycles. The Morgan fingerprint density at radius 3 is 3.11 bits per heavy atom. The van der Waals surface area contributed by atoms with Crippen LogP contribution in [0.15, 0.2) is 9.85 Å². The van der Waals surface area contributed by atoms with Crippen LogP contribution in [0, 0.1) is 6.92 Å². The number of rotatable bonds is 2. The van der Waals surface area contributed by atoms with E-state index in [1.807, 2.05) is 0 Å². The van der Waals surface area contributed by atoms with E-state index < -0.39 is 0 Å². The predicted molar refractivity (Wildman–Crippen MR) is 81.6 cm³/mol. The highest BCUT2D eigenvalue weighted by Gasteiger charge is 2.20. The van der Waals surface area contributed by atoms with Crippen LogP contribution in [0.3, 0.4) is 0 Å². The number of aromatic nitrogens is 3. The standard InChI is InChI=1S/C12H16BrN5S/c1-7-5-9(19-10(7)13)11-15-12(17-16-11)18-4-2-3-8(14)6-18/h5,8H,2-4,6,14H2,1H3,(H,15,16,17). The van der Waals surface area contributed by atoms with Gasteiger partial charge in [-0.15, -0.1) is 16.4 Å². The van der Waals surface area contributed by atoms with Gasteiger partial charge in [-0.1, -0.05) is 0 Å². The summed E-state index contributed by atoms with van der Waals surface area (Å²) < 4.78 is 1.14. The van der Waals surface area contributed by atoms with Crippen LogP contribution in [-0.4, -0.2) is 34.3 Å². The molecule has 1 aliphatic rings. The van der Waals surface area contributed by atoms with Crippen molar-refractivity contribution >= 4 is 33.2 Å². The van der Waals surface area contributed by atoms with Gasteiger partial charge in [-0.25, -0.2) is 0 Å². The van der Waals surface area contributed by atoms with Gasteiger partial charge < -0.3 is 10.6 Å². The molecule has 1 saturated heterocycles. The number of thiophene rings is 1. The van der Waals surface area contributed by atoms with Crippen LogP contribution in [0.4, 0.5) is 5.95 Å². The number of aromatic amines is 1. The Bertz CT molecular complexity index is 559. The maximum Gasteiger partial charge on any atom is 0.245 e. The number of H-pyrrole nitrogens is 1. The van der Waals surface area contributed by atoms with E-state index in [9.17, 15) is 0 Å². The van der Waals surface area contributed by atoms with Crippen molar-refractivity contribution < 1.29 is 0 Å². The summed E-state index contributed by atoms with van der Waals surface area (Å²) in [4.78, 5) is 7.84. The van der Waals surface area contributed by atoms with Gasteiger partial charge in [0.2, 0.25) is 5.95 Å². The Kier molecular flexibility index (Phi) is 3.60. The summed E-state index contributed by atoms with van der Waals surface area (Å²) in [7, 11) is 0. The van der Waals surface area contributed by atoms with Gasteiger partial charge in [-0.3, -0.25) is 5.10 Å². The van der Waals surface area contributed by atoms with E-state index in [2.05, 4.69) is 49.0 Å². The largest absolute Gasteiger partial charge is 0.338 e. The van der Waals surface area contributed by atoms with Crippen molar-refractivity contribution in [3.63, 3.8) is 0 Å². The molecule has 3 heterocycles. The van der Waals surface area contributed by atoms with Gasteiger partial charge in [0.25, 0.3) is 0 Å². The monoisotopic (exact) mass is 341 g/mol. The molecule has 0 amide bonds. The molecule has 0 saturated carbocycles. The van der Waals surface area contributed by atoms with Gasteiger partial charge in [-0.05, 0) is 47.3 Å². The van der Waals surface area contributed by atoms with Gasteiger partial charge in [0.05, 0.1) is 8.66 Å². The molecule has 5 nitrogen and oxygen atoms in total. The average molecular weight is 342 g/mol. The molecule has 3 rings (SSSR count). The summed E-state index contributed by atoms with van der Waals surface area (Å²) in [5.41, 5.74) is 7.21. The zero-order valence-corrected chi connectivity index (χ0v) is 13.1. The fraction of sp³-hybridized carbons (Fsp3) is 0.500. The third-order valence-electron chi connectivity index (χ3n) is 3.30. The summed E-state index contributed by atoms with van der Waals surface area (Å²) in [5.74, 6) is 1.58. The zero-order valence-electron chi connectivity index (χ0n) is 10.7. The maximum atomic E-state index is 5.99. The van der Waals surface area contributed by atoms with Crippen LogP contribution < -0.4 is 10.6 Å². The van der Waals surface area contributed by atoms with Crippen molar-refractivity contribution in [3.05, 3.63) is 15.4 Å². The number of nitrogens with zero attached hydrogens (tertiary/aromatic N) is 3. The summed E-state index contributed by atoms with van der Waals surface area (Å²) in [6.45, 7) is 3.90. The van der Waals surface area contributed by atoms with Crippen molar-refractivity contribution in [2.45, 2.75) is 25.8 Å². The topological polar surface area (TPSA) is 70.8 Å². The second-order valence-corrected chi connectivity index (χ2v) is 7.27. The average Bonchev–Trinajstić information content (AvgIpc) is 2.97. The highest BCUT2D eigenvalue weighted by molar-refractivity contribution is 9.11. The lowest BCUT2D eigenvalue weighted by atomic mass is 10.1. The molecule has 0 bridgehead atoms. The van der Waals surface area contributed by atoms with Crippen molar-refractivity contribution in [2.75, 3.05) is 18.0 Å². The fourth-order valence-corrected chi connectivity index (χ4v) is 3.75. The number of nitrogens with two attached hydrogens (primary N) is 1. The Hall–Kier alpha value is -0.920. The second-order valence-electron chi connectivity index (χ2n) is 4.90. The molecule has 0 radical (unpaired) electrons. The normalized spacial score (nSPS) is 19.9. The second kappa shape index (κ2) is 5.22. The molecule has 2 aromatic rings. The lowest BCUT2D eigenvalue weighted by Crippen LogP contribution is -2.43. The third kappa shape index (κ3) is 2.68. The molecule has 1 atom stereocenters. The lowest BCUT2D eigenvalue weighted by molar-refractivity contribution is 0.500. The third-order valence-corrected chi connectivity index (χ3v) is 5.45. The van der Waals surface area contributed by atoms with Gasteiger partial charge in [0.15, 0.2) is 5.82 Å². The molecule has 0 spiro atoms. The van der Waals surface area contributed by atoms with Crippen molar-refractivity contribution in [3.8, 4) is 10.7 Å². The molecule has 0 aromatic carbocycles. The van der Waals surface area contributed by atoms with E-state index in [1.54, 1.807) is 11.3 Å². The van der Waals surface area contributed by atoms with Crippen LogP contribution in [0.5, 0.6) is 0 Å². The molecule has 2 aromatic heterocycles. The number of anilines is 1. The molecule has 1 fully saturated rings. The number of hydrogen-bond donors (Lipinski definition) is 2. The SMILES string of the molecule is Cc1cc(-c2nc(N3CCCC(N)C3)n[nH]2)sc1Br. The fourth-order valence-electron chi connectivity index (χ4n) is 2.27. The summed E-state index contributed by atoms with van der Waals surface area (Å²) >= 11 is 5.20. The molecule has 19 heavy (non-hydrogen) atoms. The minimum Gasteiger partial charge on any atom is -0.338 e. The van der Waals surface area contributed by atoms with Crippen LogP contribution in [-0.2, 0) is 0 Å². The first-order valence-electron chi connectivity index (χ1n) is 6.32. The minimum atomic E-state index is 0.230. The Morgan fingerprint density at radius 1 is 1.58 bits per heavy atom. The van der Waals surface area contributed by atoms with Gasteiger partial charge in [0, 0.05) is 19.1 Å². The smallest absolute Gasteiger partial charge is 0.245 e. The van der Waals surface area contributed by atoms with Gasteiger partial charge in [0.1, 0.15) is 0 Å². The first-order valence-corrected chi connectivity index (χ1v) is 7.93. The zero-order chi connectivity index (χ0) is 13.4. The molecule has 102 valence electrons. The first kappa shape index (κ1) is 13.1. The van der Waals surface area contributed by atoms with Crippen molar-refractivity contribution in [1.29, 1.82) is 0 Å². The van der Waals surface area contributed by atoms with Gasteiger partial charge in [-0.2, -0.15) is 4.98 Å². The minimum absolute atomic E-state index is 0.230. The van der Waals surface area contributed by atoms with E-state index >= 15 is 0 Å². The quantitative estimate of drug-likeness (QED) is 0.880. The first-order chi connectivity index (χ1) is 9.13. The lowest BCUT2D eigenvalue weighted by Gasteiger charge is -2.29. The van der Waals surface area contributed by atoms with E-state index in [0.29, 0.717) is 0 Å². The number of halogens is 1. The van der Waals surface area contributed by atoms with E-state index in [0.717, 1.165) is 46.4 Å². The Labute approximate surface area is 124 Å². The molecule has 3 N–H and O–H groups in total. The molecule has 0 aliphatic carbocycles. The predicted octanol–water partition coefficient (Wildman–Crippen LogP) is 2.53. The summed E-state index contributed by atoms with van der Waals surface area (Å²) in [5, 5.41) is 7.34. The molecular formula is C12H16BrN5S. The number of nitrogens with one attached hydrogen (secondary N) is 1. The maximum absolute atomic E-state index is 5.99. The molecular weight excluding hydrogens is 326 g/mol. The Morgan fingerprint density at radius 2 is 2.42 bits per heavy atom. The molecule has 1 unspecified atom stereocenters. The van der Waals surface area contributed by atoms with E-state index in [1.165, 1.54) is 5.56 Å². The van der Waals surface area contributed by atoms with E-state index in [-0.39, 0.29) is 6.04 Å². The number of aryl methyl sites for hydroxylation is 1. The summed E-state index contributed by atoms with van der Waals surface area (Å²) in [6, 6.07) is 2.34. The summed E-state index contributed by atoms with van der Waals surface area (Å²) in [6.07, 6.45) is 2.19. The van der Waals surface area contributed by atoms with Crippen LogP contribution >= 0.6 is 27.3 Å². The number of piperidine rings is 1. The van der Waals surface area contributed by atoms with Gasteiger partial charge >= 0.3 is 0 Å².